The van der Waals surface area contributed by atoms with Gasteiger partial charge in [-0.3, -0.25) is 24.5 Å². The topological polar surface area (TPSA) is 116 Å². The molecule has 4 heterocycles. The molecule has 47 heavy (non-hydrogen) atoms. The number of urea groups is 1. The summed E-state index contributed by atoms with van der Waals surface area (Å²) in [5.74, 6) is 0.0605. The van der Waals surface area contributed by atoms with Gasteiger partial charge in [0.15, 0.2) is 0 Å². The van der Waals surface area contributed by atoms with Crippen molar-refractivity contribution in [1.29, 1.82) is 0 Å². The number of carbonyl (C=O) groups is 2. The summed E-state index contributed by atoms with van der Waals surface area (Å²) in [6.07, 6.45) is -0.352. The van der Waals surface area contributed by atoms with Crippen LogP contribution < -0.4 is 20.4 Å². The third kappa shape index (κ3) is 7.34. The minimum Gasteiger partial charge on any atom is -0.379 e. The van der Waals surface area contributed by atoms with Gasteiger partial charge >= 0.3 is 12.2 Å². The fourth-order valence-corrected chi connectivity index (χ4v) is 5.45. The average molecular weight is 647 g/mol. The summed E-state index contributed by atoms with van der Waals surface area (Å²) in [5.41, 5.74) is 2.95. The predicted octanol–water partition coefficient (Wildman–Crippen LogP) is 5.65. The van der Waals surface area contributed by atoms with Gasteiger partial charge in [-0.2, -0.15) is 18.2 Å². The van der Waals surface area contributed by atoms with Gasteiger partial charge in [-0.05, 0) is 55.0 Å². The van der Waals surface area contributed by atoms with Crippen molar-refractivity contribution in [2.75, 3.05) is 60.3 Å². The molecule has 0 saturated carbocycles. The number of ether oxygens (including phenoxy) is 1. The van der Waals surface area contributed by atoms with Crippen LogP contribution in [0.25, 0.3) is 0 Å². The second-order valence-corrected chi connectivity index (χ2v) is 11.4. The van der Waals surface area contributed by atoms with E-state index in [1.165, 1.54) is 21.9 Å². The van der Waals surface area contributed by atoms with E-state index in [0.717, 1.165) is 62.7 Å². The highest BCUT2D eigenvalue weighted by Gasteiger charge is 2.32. The zero-order chi connectivity index (χ0) is 33.1. The fraction of sp³-hybridized carbons (Fsp3) is 0.303. The molecular weight excluding hydrogens is 613 g/mol. The number of hydrogen-bond donors (Lipinski definition) is 2. The minimum absolute atomic E-state index is 0.137. The molecule has 0 atom stereocenters. The molecule has 2 aromatic carbocycles. The van der Waals surface area contributed by atoms with Crippen molar-refractivity contribution < 1.29 is 27.5 Å². The van der Waals surface area contributed by atoms with Gasteiger partial charge in [0.05, 0.1) is 42.9 Å². The van der Waals surface area contributed by atoms with Gasteiger partial charge < -0.3 is 15.4 Å². The highest BCUT2D eigenvalue weighted by atomic mass is 19.4. The van der Waals surface area contributed by atoms with E-state index < -0.39 is 17.6 Å². The first kappa shape index (κ1) is 31.9. The van der Waals surface area contributed by atoms with Gasteiger partial charge in [-0.25, -0.2) is 9.78 Å². The van der Waals surface area contributed by atoms with E-state index in [0.29, 0.717) is 34.4 Å². The number of alkyl halides is 3. The van der Waals surface area contributed by atoms with Crippen LogP contribution in [0.1, 0.15) is 32.7 Å². The molecule has 2 aliphatic heterocycles. The van der Waals surface area contributed by atoms with Gasteiger partial charge in [0.2, 0.25) is 5.95 Å². The van der Waals surface area contributed by atoms with Crippen molar-refractivity contribution in [2.45, 2.75) is 26.1 Å². The molecule has 0 spiro atoms. The van der Waals surface area contributed by atoms with Crippen LogP contribution in [-0.4, -0.2) is 71.7 Å². The quantitative estimate of drug-likeness (QED) is 0.253. The maximum atomic E-state index is 13.6. The average Bonchev–Trinajstić information content (AvgIpc) is 3.07. The Morgan fingerprint density at radius 2 is 1.79 bits per heavy atom. The second-order valence-electron chi connectivity index (χ2n) is 11.4. The molecule has 2 N–H and O–H groups in total. The number of morpholine rings is 1. The first-order valence-corrected chi connectivity index (χ1v) is 15.1. The second kappa shape index (κ2) is 13.3. The van der Waals surface area contributed by atoms with Crippen LogP contribution in [0.15, 0.2) is 67.0 Å². The van der Waals surface area contributed by atoms with Crippen molar-refractivity contribution in [3.05, 3.63) is 94.9 Å². The Morgan fingerprint density at radius 1 is 1.00 bits per heavy atom. The Labute approximate surface area is 269 Å². The Hall–Kier alpha value is -5.08. The first-order valence-electron chi connectivity index (χ1n) is 15.1. The summed E-state index contributed by atoms with van der Waals surface area (Å²) in [6.45, 7) is 6.30. The van der Waals surface area contributed by atoms with Gasteiger partial charge in [-0.15, -0.1) is 0 Å². The maximum absolute atomic E-state index is 13.6. The summed E-state index contributed by atoms with van der Waals surface area (Å²) in [7, 11) is 1.61. The summed E-state index contributed by atoms with van der Waals surface area (Å²) in [5, 5.41) is 5.80. The van der Waals surface area contributed by atoms with Gasteiger partial charge in [0.1, 0.15) is 5.82 Å². The molecule has 6 rings (SSSR count). The molecule has 0 unspecified atom stereocenters. The van der Waals surface area contributed by atoms with Gasteiger partial charge in [0, 0.05) is 61.8 Å². The molecule has 0 radical (unpaired) electrons. The summed E-state index contributed by atoms with van der Waals surface area (Å²) in [6, 6.07) is 12.7. The van der Waals surface area contributed by atoms with E-state index in [2.05, 4.69) is 30.5 Å². The van der Waals surface area contributed by atoms with Crippen LogP contribution in [0.2, 0.25) is 0 Å². The van der Waals surface area contributed by atoms with Crippen LogP contribution in [0.4, 0.5) is 46.8 Å². The van der Waals surface area contributed by atoms with Crippen LogP contribution in [-0.2, 0) is 23.9 Å². The zero-order valence-corrected chi connectivity index (χ0v) is 25.8. The lowest BCUT2D eigenvalue weighted by Crippen LogP contribution is -2.46. The van der Waals surface area contributed by atoms with Crippen molar-refractivity contribution in [3.63, 3.8) is 0 Å². The van der Waals surface area contributed by atoms with E-state index in [1.807, 2.05) is 19.1 Å². The lowest BCUT2D eigenvalue weighted by Gasteiger charge is -2.35. The molecule has 3 amide bonds. The highest BCUT2D eigenvalue weighted by Crippen LogP contribution is 2.34. The molecular formula is C33H33F3N8O3. The maximum Gasteiger partial charge on any atom is 0.416 e. The molecule has 2 aliphatic rings. The Kier molecular flexibility index (Phi) is 9.05. The normalized spacial score (nSPS) is 15.4. The van der Waals surface area contributed by atoms with E-state index in [9.17, 15) is 22.8 Å². The van der Waals surface area contributed by atoms with Crippen LogP contribution in [0, 0.1) is 6.92 Å². The fourth-order valence-electron chi connectivity index (χ4n) is 5.45. The number of aryl methyl sites for hydroxylation is 1. The number of anilines is 5. The standard InChI is InChI=1S/C33H33F3N8O3/c1-21-6-7-26(39-30(45)22-4-3-5-24(16-22)33(34,35)36)17-28(21)44-20-23-18-38-31(41-29(23)42(2)32(44)46)40-27-9-8-25(37-19-27)10-11-43-12-14-47-15-13-43/h3-9,16-19H,10-15,20H2,1-2H3,(H,39,45)(H,38,40,41). The third-order valence-electron chi connectivity index (χ3n) is 8.08. The number of aromatic nitrogens is 3. The van der Waals surface area contributed by atoms with Crippen LogP contribution in [0.5, 0.6) is 0 Å². The molecule has 0 aliphatic carbocycles. The van der Waals surface area contributed by atoms with Crippen molar-refractivity contribution >= 4 is 40.8 Å². The van der Waals surface area contributed by atoms with Gasteiger partial charge in [-0.1, -0.05) is 12.1 Å². The van der Waals surface area contributed by atoms with Crippen LogP contribution in [0.3, 0.4) is 0 Å². The molecule has 0 bridgehead atoms. The number of rotatable bonds is 8. The van der Waals surface area contributed by atoms with Crippen molar-refractivity contribution in [2.24, 2.45) is 0 Å². The van der Waals surface area contributed by atoms with E-state index in [1.54, 1.807) is 37.6 Å². The summed E-state index contributed by atoms with van der Waals surface area (Å²) in [4.78, 5) is 45.3. The number of carbonyl (C=O) groups excluding carboxylic acids is 2. The summed E-state index contributed by atoms with van der Waals surface area (Å²) >= 11 is 0. The Morgan fingerprint density at radius 3 is 2.53 bits per heavy atom. The molecule has 4 aromatic rings. The molecule has 1 saturated heterocycles. The van der Waals surface area contributed by atoms with Crippen molar-refractivity contribution in [3.8, 4) is 0 Å². The zero-order valence-electron chi connectivity index (χ0n) is 25.8. The van der Waals surface area contributed by atoms with Crippen molar-refractivity contribution in [1.82, 2.24) is 19.9 Å². The SMILES string of the molecule is Cc1ccc(NC(=O)c2cccc(C(F)(F)F)c2)cc1N1Cc2cnc(Nc3ccc(CCN4CCOCC4)nc3)nc2N(C)C1=O. The van der Waals surface area contributed by atoms with E-state index in [-0.39, 0.29) is 18.1 Å². The van der Waals surface area contributed by atoms with E-state index in [4.69, 9.17) is 4.74 Å². The molecule has 1 fully saturated rings. The highest BCUT2D eigenvalue weighted by molar-refractivity contribution is 6.07. The number of hydrogen-bond acceptors (Lipinski definition) is 8. The van der Waals surface area contributed by atoms with Gasteiger partial charge in [0.25, 0.3) is 5.91 Å². The number of nitrogens with zero attached hydrogens (tertiary/aromatic N) is 6. The minimum atomic E-state index is -4.57. The van der Waals surface area contributed by atoms with Crippen LogP contribution >= 0.6 is 0 Å². The Bertz CT molecular complexity index is 1780. The third-order valence-corrected chi connectivity index (χ3v) is 8.08. The lowest BCUT2D eigenvalue weighted by atomic mass is 10.1. The number of amides is 3. The molecule has 2 aromatic heterocycles. The molecule has 14 heteroatoms. The number of fused-ring (bicyclic) bond motifs is 1. The Balaban J connectivity index is 1.13. The number of nitrogens with one attached hydrogen (secondary N) is 2. The summed E-state index contributed by atoms with van der Waals surface area (Å²) < 4.78 is 44.9. The smallest absolute Gasteiger partial charge is 0.379 e. The van der Waals surface area contributed by atoms with E-state index >= 15 is 0 Å². The lowest BCUT2D eigenvalue weighted by molar-refractivity contribution is -0.137. The predicted molar refractivity (Wildman–Crippen MR) is 171 cm³/mol. The molecule has 244 valence electrons. The first-order chi connectivity index (χ1) is 22.5. The number of halogens is 3. The monoisotopic (exact) mass is 646 g/mol. The largest absolute Gasteiger partial charge is 0.416 e. The molecule has 11 nitrogen and oxygen atoms in total. The number of pyridine rings is 1. The number of benzene rings is 2.